The van der Waals surface area contributed by atoms with Crippen molar-refractivity contribution in [2.24, 2.45) is 9.98 Å². The summed E-state index contributed by atoms with van der Waals surface area (Å²) in [5.41, 5.74) is 2.40. The van der Waals surface area contributed by atoms with Crippen molar-refractivity contribution in [3.05, 3.63) is 181 Å². The molecular weight excluding hydrogens is 991 g/mol. The van der Waals surface area contributed by atoms with Gasteiger partial charge in [0, 0.05) is 23.6 Å². The van der Waals surface area contributed by atoms with Crippen LogP contribution in [0, 0.1) is 0 Å². The van der Waals surface area contributed by atoms with Crippen LogP contribution < -0.4 is 31.8 Å². The Balaban J connectivity index is 0.000000624. The molecule has 1 saturated carbocycles. The molecule has 0 N–H and O–H groups in total. The molecular formula is C44H40ClF6N2P2RuSb. The van der Waals surface area contributed by atoms with E-state index in [0.29, 0.717) is 0 Å². The van der Waals surface area contributed by atoms with Crippen LogP contribution in [0.4, 0.5) is 16.9 Å². The zero-order valence-corrected chi connectivity index (χ0v) is 37.4. The van der Waals surface area contributed by atoms with Gasteiger partial charge in [0.05, 0.1) is 12.1 Å². The van der Waals surface area contributed by atoms with Crippen LogP contribution in [0.3, 0.4) is 0 Å². The Labute approximate surface area is 349 Å². The quantitative estimate of drug-likeness (QED) is 0.0565. The molecule has 0 aliphatic heterocycles. The first-order valence-electron chi connectivity index (χ1n) is 18.0. The zero-order chi connectivity index (χ0) is 40.8. The summed E-state index contributed by atoms with van der Waals surface area (Å²) in [6, 6.07) is 61.7. The van der Waals surface area contributed by atoms with E-state index in [9.17, 15) is 16.9 Å². The van der Waals surface area contributed by atoms with E-state index >= 15 is 0 Å². The molecule has 0 amide bonds. The third-order valence-corrected chi connectivity index (χ3v) is 14.0. The van der Waals surface area contributed by atoms with Gasteiger partial charge in [-0.25, -0.2) is 0 Å². The van der Waals surface area contributed by atoms with Gasteiger partial charge in [0.2, 0.25) is 0 Å². The molecule has 13 heteroatoms. The van der Waals surface area contributed by atoms with Crippen molar-refractivity contribution in [1.29, 1.82) is 0 Å². The second kappa shape index (κ2) is 20.2. The van der Waals surface area contributed by atoms with E-state index < -0.39 is 35.3 Å². The van der Waals surface area contributed by atoms with Crippen molar-refractivity contribution in [3.8, 4) is 0 Å². The van der Waals surface area contributed by atoms with E-state index in [1.807, 2.05) is 17.3 Å². The van der Waals surface area contributed by atoms with Gasteiger partial charge in [-0.2, -0.15) is 0 Å². The van der Waals surface area contributed by atoms with Gasteiger partial charge in [-0.05, 0) is 60.5 Å². The number of benzene rings is 6. The van der Waals surface area contributed by atoms with Gasteiger partial charge in [-0.1, -0.05) is 183 Å². The predicted molar refractivity (Wildman–Crippen MR) is 230 cm³/mol. The van der Waals surface area contributed by atoms with Crippen LogP contribution >= 0.6 is 25.5 Å². The molecule has 0 aromatic heterocycles. The average molecular weight is 1030 g/mol. The first-order chi connectivity index (χ1) is 27.3. The Hall–Kier alpha value is -3.17. The normalized spacial score (nSPS) is 16.9. The summed E-state index contributed by atoms with van der Waals surface area (Å²) in [6.07, 6.45) is 8.81. The first kappa shape index (κ1) is 44.9. The third kappa shape index (κ3) is 14.9. The average Bonchev–Trinajstić information content (AvgIpc) is 3.22. The van der Waals surface area contributed by atoms with Gasteiger partial charge in [-0.3, -0.25) is 9.98 Å². The van der Waals surface area contributed by atoms with Crippen LogP contribution in [-0.2, 0) is 17.3 Å². The number of hydrogen-bond acceptors (Lipinski definition) is 2. The molecule has 1 fully saturated rings. The molecule has 2 nitrogen and oxygen atoms in total. The van der Waals surface area contributed by atoms with Crippen molar-refractivity contribution in [2.45, 2.75) is 37.8 Å². The fourth-order valence-corrected chi connectivity index (χ4v) is 11.4. The fourth-order valence-electron chi connectivity index (χ4n) is 6.55. The molecule has 0 unspecified atom stereocenters. The summed E-state index contributed by atoms with van der Waals surface area (Å²) >= 11 is -9.43. The molecule has 0 heterocycles. The van der Waals surface area contributed by atoms with Crippen LogP contribution in [-0.4, -0.2) is 44.0 Å². The van der Waals surface area contributed by atoms with E-state index in [4.69, 9.17) is 9.98 Å². The molecule has 7 rings (SSSR count). The summed E-state index contributed by atoms with van der Waals surface area (Å²) in [5.74, 6) is 0. The Kier molecular flexibility index (Phi) is 15.9. The predicted octanol–water partition coefficient (Wildman–Crippen LogP) is 10.9. The summed E-state index contributed by atoms with van der Waals surface area (Å²) in [6.45, 7) is 0. The summed E-state index contributed by atoms with van der Waals surface area (Å²) in [4.78, 5) is 10.6. The van der Waals surface area contributed by atoms with Gasteiger partial charge in [0.1, 0.15) is 0 Å². The van der Waals surface area contributed by atoms with Crippen LogP contribution in [0.1, 0.15) is 36.8 Å². The maximum absolute atomic E-state index is 11.2. The van der Waals surface area contributed by atoms with Crippen LogP contribution in [0.15, 0.2) is 180 Å². The molecule has 0 spiro atoms. The van der Waals surface area contributed by atoms with E-state index in [1.165, 1.54) is 55.8 Å². The van der Waals surface area contributed by atoms with E-state index in [-0.39, 0.29) is 12.1 Å². The van der Waals surface area contributed by atoms with E-state index in [0.717, 1.165) is 12.8 Å². The summed E-state index contributed by atoms with van der Waals surface area (Å²) in [7, 11) is 3.15. The van der Waals surface area contributed by atoms with Gasteiger partial charge in [0.15, 0.2) is 0 Å². The number of hydrogen-bond donors (Lipinski definition) is 0. The molecule has 0 saturated heterocycles. The molecule has 6 aromatic carbocycles. The molecule has 2 atom stereocenters. The maximum atomic E-state index is 9.93. The number of halogens is 7. The SMILES string of the molecule is C(=N[C@H]1CCCC[C@@H]1N=Cc1ccccc1P(c1ccccc1)c1ccccc1)c1ccccc1P(c1ccccc1)c1ccccc1.[Cl][Ru+].[F][Sb-]([F])([F])([F])([F])[F]. The standard InChI is InChI=1S/C44H40N2P2.ClH.6FH.Ru.Sb/c1-5-21-37(22-6-1)47(38-23-7-2-8-24-38)43-31-17-13-19-35(43)33-45-41-29-15-16-30-42(41)46-34-36-20-14-18-32-44(36)48(39-25-9-3-10-26-39)40-27-11-4-12-28-40;;;;;;;;;/h1-14,17-28,31-34,41-42H,15-16,29-30H2;7*1H;;/q;;;;;;;;+2;+5/p-7/t41-,42-;;;;;;;;;/m0........./s1. The van der Waals surface area contributed by atoms with Crippen molar-refractivity contribution in [2.75, 3.05) is 0 Å². The fraction of sp³-hybridized carbons (Fsp3) is 0.136. The number of nitrogens with zero attached hydrogens (tertiary/aromatic N) is 2. The summed E-state index contributed by atoms with van der Waals surface area (Å²) < 4.78 is 59.6. The second-order valence-electron chi connectivity index (χ2n) is 13.1. The Morgan fingerprint density at radius 3 is 0.965 bits per heavy atom. The Bertz CT molecular complexity index is 1970. The molecule has 0 radical (unpaired) electrons. The summed E-state index contributed by atoms with van der Waals surface area (Å²) in [5, 5.41) is 8.09. The molecule has 0 bridgehead atoms. The molecule has 1 aliphatic carbocycles. The Morgan fingerprint density at radius 2 is 0.684 bits per heavy atom. The molecule has 6 aromatic rings. The van der Waals surface area contributed by atoms with Crippen molar-refractivity contribution >= 4 is 89.3 Å². The van der Waals surface area contributed by atoms with Crippen molar-refractivity contribution in [1.82, 2.24) is 0 Å². The van der Waals surface area contributed by atoms with Crippen LogP contribution in [0.2, 0.25) is 0 Å². The molecule has 57 heavy (non-hydrogen) atoms. The van der Waals surface area contributed by atoms with E-state index in [2.05, 4.69) is 192 Å². The second-order valence-corrected chi connectivity index (χ2v) is 22.9. The molecule has 298 valence electrons. The topological polar surface area (TPSA) is 24.7 Å². The van der Waals surface area contributed by atoms with Gasteiger partial charge in [0.25, 0.3) is 0 Å². The third-order valence-electron chi connectivity index (χ3n) is 8.92. The van der Waals surface area contributed by atoms with Gasteiger partial charge >= 0.3 is 63.4 Å². The number of aliphatic imine (C=N–C) groups is 2. The first-order valence-corrected chi connectivity index (χ1v) is 28.8. The van der Waals surface area contributed by atoms with Gasteiger partial charge in [-0.15, -0.1) is 0 Å². The minimum absolute atomic E-state index is 0.166. The Morgan fingerprint density at radius 1 is 0.439 bits per heavy atom. The van der Waals surface area contributed by atoms with Crippen molar-refractivity contribution in [3.63, 3.8) is 0 Å². The zero-order valence-electron chi connectivity index (χ0n) is 30.5. The van der Waals surface area contributed by atoms with Crippen LogP contribution in [0.25, 0.3) is 0 Å². The minimum atomic E-state index is -11.2. The van der Waals surface area contributed by atoms with E-state index in [1.54, 1.807) is 0 Å². The molecule has 1 aliphatic rings. The van der Waals surface area contributed by atoms with Crippen molar-refractivity contribution < 1.29 is 34.2 Å². The monoisotopic (exact) mass is 1030 g/mol. The van der Waals surface area contributed by atoms with Crippen LogP contribution in [0.5, 0.6) is 0 Å². The number of rotatable bonds is 10. The van der Waals surface area contributed by atoms with Gasteiger partial charge < -0.3 is 0 Å².